The number of amides is 1. The molecule has 1 N–H and O–H groups in total. The molecule has 1 amide bonds. The Morgan fingerprint density at radius 2 is 2.28 bits per heavy atom. The molecule has 1 fully saturated rings. The highest BCUT2D eigenvalue weighted by molar-refractivity contribution is 5.84. The Hall–Kier alpha value is -1.58. The highest BCUT2D eigenvalue weighted by Crippen LogP contribution is 2.52. The maximum Gasteiger partial charge on any atom is 0.411 e. The molecule has 2 bridgehead atoms. The summed E-state index contributed by atoms with van der Waals surface area (Å²) in [6, 6.07) is 0. The van der Waals surface area contributed by atoms with Crippen molar-refractivity contribution in [2.24, 2.45) is 17.3 Å². The van der Waals surface area contributed by atoms with E-state index in [1.807, 2.05) is 0 Å². The number of hydrogen-bond donors (Lipinski definition) is 1. The third kappa shape index (κ3) is 2.19. The molecule has 2 rings (SSSR count). The zero-order valence-electron chi connectivity index (χ0n) is 10.8. The van der Waals surface area contributed by atoms with E-state index in [4.69, 9.17) is 4.74 Å². The first-order valence-corrected chi connectivity index (χ1v) is 6.32. The summed E-state index contributed by atoms with van der Waals surface area (Å²) in [5.74, 6) is 0.828. The van der Waals surface area contributed by atoms with E-state index in [2.05, 4.69) is 17.5 Å². The fourth-order valence-corrected chi connectivity index (χ4v) is 3.01. The van der Waals surface area contributed by atoms with Gasteiger partial charge in [-0.25, -0.2) is 4.79 Å². The van der Waals surface area contributed by atoms with Crippen molar-refractivity contribution in [3.05, 3.63) is 24.4 Å². The van der Waals surface area contributed by atoms with Crippen LogP contribution in [0.15, 0.2) is 24.4 Å². The van der Waals surface area contributed by atoms with E-state index in [1.54, 1.807) is 19.9 Å². The Morgan fingerprint density at radius 1 is 1.50 bits per heavy atom. The van der Waals surface area contributed by atoms with Crippen LogP contribution >= 0.6 is 0 Å². The molecule has 18 heavy (non-hydrogen) atoms. The van der Waals surface area contributed by atoms with Gasteiger partial charge in [-0.15, -0.1) is 0 Å². The predicted octanol–water partition coefficient (Wildman–Crippen LogP) is 2.42. The Bertz CT molecular complexity index is 413. The molecule has 0 saturated heterocycles. The van der Waals surface area contributed by atoms with Crippen molar-refractivity contribution in [2.75, 3.05) is 6.61 Å². The second kappa shape index (κ2) is 4.96. The van der Waals surface area contributed by atoms with E-state index >= 15 is 0 Å². The van der Waals surface area contributed by atoms with Gasteiger partial charge in [-0.1, -0.05) is 18.2 Å². The molecule has 3 atom stereocenters. The van der Waals surface area contributed by atoms with Crippen molar-refractivity contribution in [3.63, 3.8) is 0 Å². The monoisotopic (exact) mass is 249 g/mol. The quantitative estimate of drug-likeness (QED) is 0.778. The molecule has 0 spiro atoms. The summed E-state index contributed by atoms with van der Waals surface area (Å²) in [5, 5.41) is 2.49. The van der Waals surface area contributed by atoms with Crippen molar-refractivity contribution in [1.29, 1.82) is 0 Å². The number of Topliss-reactive ketones (excluding diaryl/α,β-unsaturated/α-hetero) is 1. The number of ether oxygens (including phenoxy) is 1. The second-order valence-corrected chi connectivity index (χ2v) is 5.12. The van der Waals surface area contributed by atoms with E-state index in [0.29, 0.717) is 5.92 Å². The first kappa shape index (κ1) is 12.9. The molecule has 2 aliphatic rings. The molecular formula is C14H19NO3. The Kier molecular flexibility index (Phi) is 3.55. The van der Waals surface area contributed by atoms with Crippen LogP contribution in [-0.4, -0.2) is 18.5 Å². The summed E-state index contributed by atoms with van der Waals surface area (Å²) in [7, 11) is 0. The van der Waals surface area contributed by atoms with Gasteiger partial charge in [0.2, 0.25) is 0 Å². The fraction of sp³-hybridized carbons (Fsp3) is 0.571. The maximum absolute atomic E-state index is 11.9. The molecule has 1 saturated carbocycles. The Morgan fingerprint density at radius 3 is 2.78 bits per heavy atom. The zero-order valence-corrected chi connectivity index (χ0v) is 10.8. The highest BCUT2D eigenvalue weighted by atomic mass is 16.5. The van der Waals surface area contributed by atoms with E-state index < -0.39 is 11.5 Å². The van der Waals surface area contributed by atoms with E-state index in [9.17, 15) is 9.59 Å². The van der Waals surface area contributed by atoms with Crippen LogP contribution in [-0.2, 0) is 9.53 Å². The number of carbonyl (C=O) groups excluding carboxylic acids is 2. The van der Waals surface area contributed by atoms with Crippen molar-refractivity contribution >= 4 is 11.9 Å². The largest absolute Gasteiger partial charge is 0.448 e. The first-order valence-electron chi connectivity index (χ1n) is 6.32. The van der Waals surface area contributed by atoms with Gasteiger partial charge < -0.3 is 4.74 Å². The summed E-state index contributed by atoms with van der Waals surface area (Å²) in [6.07, 6.45) is 8.82. The molecule has 0 heterocycles. The van der Waals surface area contributed by atoms with Crippen LogP contribution in [0, 0.1) is 17.3 Å². The molecule has 0 aromatic carbocycles. The standard InChI is InChI=1S/C14H19NO3/c1-3-6-15-13(17)18-9-14(10(2)16)8-11-4-5-12(14)7-11/h3-6,11-12H,7-9H2,1-2H3,(H,15,17)/b6-3+. The molecule has 98 valence electrons. The van der Waals surface area contributed by atoms with Crippen LogP contribution in [0.4, 0.5) is 4.79 Å². The lowest BCUT2D eigenvalue weighted by Gasteiger charge is -2.32. The van der Waals surface area contributed by atoms with Gasteiger partial charge in [-0.2, -0.15) is 0 Å². The summed E-state index contributed by atoms with van der Waals surface area (Å²) in [4.78, 5) is 23.3. The van der Waals surface area contributed by atoms with E-state index in [0.717, 1.165) is 12.8 Å². The van der Waals surface area contributed by atoms with Gasteiger partial charge in [0.15, 0.2) is 0 Å². The van der Waals surface area contributed by atoms with Gasteiger partial charge >= 0.3 is 6.09 Å². The number of fused-ring (bicyclic) bond motifs is 2. The normalized spacial score (nSPS) is 33.0. The molecule has 4 heteroatoms. The fourth-order valence-electron chi connectivity index (χ4n) is 3.01. The topological polar surface area (TPSA) is 55.4 Å². The number of allylic oxidation sites excluding steroid dienone is 3. The lowest BCUT2D eigenvalue weighted by Crippen LogP contribution is -2.40. The molecular weight excluding hydrogens is 230 g/mol. The third-order valence-corrected chi connectivity index (χ3v) is 4.04. The molecule has 0 aromatic heterocycles. The van der Waals surface area contributed by atoms with Gasteiger partial charge in [0.05, 0.1) is 5.41 Å². The summed E-state index contributed by atoms with van der Waals surface area (Å²) < 4.78 is 5.19. The molecule has 2 aliphatic carbocycles. The average Bonchev–Trinajstić information content (AvgIpc) is 2.94. The van der Waals surface area contributed by atoms with Crippen LogP contribution in [0.2, 0.25) is 0 Å². The Balaban J connectivity index is 1.99. The molecule has 0 aliphatic heterocycles. The minimum Gasteiger partial charge on any atom is -0.448 e. The number of nitrogens with one attached hydrogen (secondary N) is 1. The Labute approximate surface area is 107 Å². The lowest BCUT2D eigenvalue weighted by atomic mass is 9.73. The smallest absolute Gasteiger partial charge is 0.411 e. The molecule has 0 radical (unpaired) electrons. The maximum atomic E-state index is 11.9. The predicted molar refractivity (Wildman–Crippen MR) is 67.8 cm³/mol. The third-order valence-electron chi connectivity index (χ3n) is 4.04. The average molecular weight is 249 g/mol. The van der Waals surface area contributed by atoms with Gasteiger partial charge in [0, 0.05) is 6.20 Å². The number of rotatable bonds is 4. The zero-order chi connectivity index (χ0) is 13.2. The molecule has 0 aromatic rings. The van der Waals surface area contributed by atoms with Gasteiger partial charge in [0.25, 0.3) is 0 Å². The van der Waals surface area contributed by atoms with Crippen LogP contribution < -0.4 is 5.32 Å². The van der Waals surface area contributed by atoms with Crippen molar-refractivity contribution < 1.29 is 14.3 Å². The number of alkyl carbamates (subject to hydrolysis) is 1. The van der Waals surface area contributed by atoms with E-state index in [-0.39, 0.29) is 18.3 Å². The molecule has 3 unspecified atom stereocenters. The number of carbonyl (C=O) groups is 2. The van der Waals surface area contributed by atoms with Crippen LogP contribution in [0.3, 0.4) is 0 Å². The lowest BCUT2D eigenvalue weighted by molar-refractivity contribution is -0.130. The SMILES string of the molecule is C/C=C/NC(=O)OCC1(C(C)=O)CC2C=CC1C2. The van der Waals surface area contributed by atoms with Crippen LogP contribution in [0.25, 0.3) is 0 Å². The van der Waals surface area contributed by atoms with Crippen LogP contribution in [0.1, 0.15) is 26.7 Å². The minimum absolute atomic E-state index is 0.123. The number of hydrogen-bond acceptors (Lipinski definition) is 3. The second-order valence-electron chi connectivity index (χ2n) is 5.12. The van der Waals surface area contributed by atoms with Gasteiger partial charge in [0.1, 0.15) is 12.4 Å². The van der Waals surface area contributed by atoms with Crippen molar-refractivity contribution in [1.82, 2.24) is 5.32 Å². The van der Waals surface area contributed by atoms with Gasteiger partial charge in [-0.3, -0.25) is 10.1 Å². The summed E-state index contributed by atoms with van der Waals surface area (Å²) >= 11 is 0. The minimum atomic E-state index is -0.500. The van der Waals surface area contributed by atoms with Crippen molar-refractivity contribution in [3.8, 4) is 0 Å². The first-order chi connectivity index (χ1) is 8.58. The highest BCUT2D eigenvalue weighted by Gasteiger charge is 2.52. The summed E-state index contributed by atoms with van der Waals surface area (Å²) in [6.45, 7) is 3.58. The summed E-state index contributed by atoms with van der Waals surface area (Å²) in [5.41, 5.74) is -0.493. The number of ketones is 1. The van der Waals surface area contributed by atoms with Crippen LogP contribution in [0.5, 0.6) is 0 Å². The van der Waals surface area contributed by atoms with Crippen molar-refractivity contribution in [2.45, 2.75) is 26.7 Å². The van der Waals surface area contributed by atoms with Gasteiger partial charge in [-0.05, 0) is 38.5 Å². The molecule has 4 nitrogen and oxygen atoms in total. The van der Waals surface area contributed by atoms with E-state index in [1.165, 1.54) is 6.20 Å².